The molecule has 1 heterocycles. The Labute approximate surface area is 141 Å². The molecule has 5 nitrogen and oxygen atoms in total. The first-order chi connectivity index (χ1) is 11.7. The molecule has 124 valence electrons. The lowest BCUT2D eigenvalue weighted by molar-refractivity contribution is -0.907. The predicted octanol–water partition coefficient (Wildman–Crippen LogP) is 0.626. The topological polar surface area (TPSA) is 62.6 Å². The Bertz CT molecular complexity index is 741. The number of hydrogen-bond donors (Lipinski definition) is 3. The summed E-state index contributed by atoms with van der Waals surface area (Å²) in [6, 6.07) is 15.3. The van der Waals surface area contributed by atoms with E-state index in [1.165, 1.54) is 16.0 Å². The van der Waals surface area contributed by atoms with Gasteiger partial charge in [-0.05, 0) is 29.8 Å². The minimum Gasteiger partial charge on any atom is -0.355 e. The molecule has 1 aliphatic rings. The van der Waals surface area contributed by atoms with E-state index in [-0.39, 0.29) is 11.8 Å². The van der Waals surface area contributed by atoms with Crippen LogP contribution in [0, 0.1) is 0 Å². The Morgan fingerprint density at radius 3 is 2.46 bits per heavy atom. The van der Waals surface area contributed by atoms with Crippen LogP contribution in [0.3, 0.4) is 0 Å². The highest BCUT2D eigenvalue weighted by molar-refractivity contribution is 5.95. The van der Waals surface area contributed by atoms with Crippen LogP contribution in [0.4, 0.5) is 5.69 Å². The van der Waals surface area contributed by atoms with Crippen LogP contribution in [-0.4, -0.2) is 32.0 Å². The van der Waals surface area contributed by atoms with Crippen LogP contribution < -0.4 is 15.5 Å². The molecule has 0 saturated carbocycles. The predicted molar refractivity (Wildman–Crippen MR) is 93.0 cm³/mol. The van der Waals surface area contributed by atoms with Crippen molar-refractivity contribution in [1.82, 2.24) is 5.32 Å². The van der Waals surface area contributed by atoms with Gasteiger partial charge in [-0.25, -0.2) is 0 Å². The summed E-state index contributed by atoms with van der Waals surface area (Å²) in [6.07, 6.45) is 1.01. The monoisotopic (exact) mass is 324 g/mol. The first-order valence-electron chi connectivity index (χ1n) is 8.18. The molecule has 0 radical (unpaired) electrons. The molecule has 0 spiro atoms. The summed E-state index contributed by atoms with van der Waals surface area (Å²) in [4.78, 5) is 25.0. The van der Waals surface area contributed by atoms with Gasteiger partial charge in [0.25, 0.3) is 11.8 Å². The number of benzene rings is 2. The molecule has 0 aliphatic carbocycles. The maximum atomic E-state index is 12.3. The van der Waals surface area contributed by atoms with E-state index in [4.69, 9.17) is 0 Å². The van der Waals surface area contributed by atoms with Gasteiger partial charge in [0, 0.05) is 30.3 Å². The Morgan fingerprint density at radius 2 is 1.75 bits per heavy atom. The van der Waals surface area contributed by atoms with E-state index >= 15 is 0 Å². The maximum Gasteiger partial charge on any atom is 0.279 e. The standard InChI is InChI=1S/C19H21N3O2/c1-20-19(24)15-6-8-17(9-7-15)21-18(23)13-22-11-10-14-4-2-3-5-16(14)12-22/h2-9H,10-13H2,1H3,(H,20,24)(H,21,23)/p+1. The van der Waals surface area contributed by atoms with Gasteiger partial charge < -0.3 is 15.5 Å². The fraction of sp³-hybridized carbons (Fsp3) is 0.263. The highest BCUT2D eigenvalue weighted by Crippen LogP contribution is 2.11. The third kappa shape index (κ3) is 3.81. The van der Waals surface area contributed by atoms with Gasteiger partial charge in [0.2, 0.25) is 0 Å². The van der Waals surface area contributed by atoms with E-state index in [2.05, 4.69) is 34.9 Å². The van der Waals surface area contributed by atoms with E-state index in [0.29, 0.717) is 17.8 Å². The zero-order chi connectivity index (χ0) is 16.9. The van der Waals surface area contributed by atoms with Gasteiger partial charge in [0.15, 0.2) is 6.54 Å². The zero-order valence-electron chi connectivity index (χ0n) is 13.8. The quantitative estimate of drug-likeness (QED) is 0.772. The number of quaternary nitrogens is 1. The van der Waals surface area contributed by atoms with E-state index in [1.54, 1.807) is 31.3 Å². The van der Waals surface area contributed by atoms with Crippen molar-refractivity contribution in [2.24, 2.45) is 0 Å². The molecular weight excluding hydrogens is 302 g/mol. The largest absolute Gasteiger partial charge is 0.355 e. The number of carbonyl (C=O) groups is 2. The Hall–Kier alpha value is -2.66. The van der Waals surface area contributed by atoms with Crippen molar-refractivity contribution in [3.63, 3.8) is 0 Å². The highest BCUT2D eigenvalue weighted by atomic mass is 16.2. The lowest BCUT2D eigenvalue weighted by Gasteiger charge is -2.25. The molecule has 24 heavy (non-hydrogen) atoms. The fourth-order valence-electron chi connectivity index (χ4n) is 3.08. The molecule has 2 amide bonds. The summed E-state index contributed by atoms with van der Waals surface area (Å²) in [5.74, 6) is -0.138. The number of rotatable bonds is 4. The Morgan fingerprint density at radius 1 is 1.04 bits per heavy atom. The lowest BCUT2D eigenvalue weighted by atomic mass is 10.00. The van der Waals surface area contributed by atoms with Gasteiger partial charge in [0.05, 0.1) is 6.54 Å². The second-order valence-electron chi connectivity index (χ2n) is 6.08. The second-order valence-corrected chi connectivity index (χ2v) is 6.08. The van der Waals surface area contributed by atoms with Crippen LogP contribution in [-0.2, 0) is 17.8 Å². The molecule has 3 rings (SSSR count). The smallest absolute Gasteiger partial charge is 0.279 e. The van der Waals surface area contributed by atoms with E-state index in [9.17, 15) is 9.59 Å². The average Bonchev–Trinajstić information content (AvgIpc) is 2.61. The van der Waals surface area contributed by atoms with Crippen molar-refractivity contribution < 1.29 is 14.5 Å². The van der Waals surface area contributed by atoms with Crippen molar-refractivity contribution in [3.05, 3.63) is 65.2 Å². The molecule has 0 bridgehead atoms. The molecule has 5 heteroatoms. The highest BCUT2D eigenvalue weighted by Gasteiger charge is 2.21. The summed E-state index contributed by atoms with van der Waals surface area (Å²) in [5.41, 5.74) is 4.02. The van der Waals surface area contributed by atoms with Gasteiger partial charge in [-0.1, -0.05) is 24.3 Å². The Kier molecular flexibility index (Phi) is 4.91. The van der Waals surface area contributed by atoms with Crippen LogP contribution in [0.2, 0.25) is 0 Å². The summed E-state index contributed by atoms with van der Waals surface area (Å²) in [7, 11) is 1.59. The van der Waals surface area contributed by atoms with Crippen molar-refractivity contribution >= 4 is 17.5 Å². The fourth-order valence-corrected chi connectivity index (χ4v) is 3.08. The molecule has 2 aromatic carbocycles. The number of amides is 2. The molecule has 0 saturated heterocycles. The summed E-state index contributed by atoms with van der Waals surface area (Å²) >= 11 is 0. The Balaban J connectivity index is 1.55. The number of hydrogen-bond acceptors (Lipinski definition) is 2. The van der Waals surface area contributed by atoms with E-state index < -0.39 is 0 Å². The second kappa shape index (κ2) is 7.27. The maximum absolute atomic E-state index is 12.3. The number of nitrogens with one attached hydrogen (secondary N) is 3. The molecule has 2 aromatic rings. The van der Waals surface area contributed by atoms with Gasteiger partial charge in [-0.2, -0.15) is 0 Å². The van der Waals surface area contributed by atoms with E-state index in [1.807, 2.05) is 0 Å². The molecule has 0 fully saturated rings. The normalized spacial score (nSPS) is 16.1. The van der Waals surface area contributed by atoms with Crippen LogP contribution in [0.15, 0.2) is 48.5 Å². The minimum atomic E-state index is -0.135. The van der Waals surface area contributed by atoms with Gasteiger partial charge in [-0.15, -0.1) is 0 Å². The van der Waals surface area contributed by atoms with Gasteiger partial charge in [-0.3, -0.25) is 9.59 Å². The summed E-state index contributed by atoms with van der Waals surface area (Å²) in [5, 5.41) is 5.48. The zero-order valence-corrected chi connectivity index (χ0v) is 13.8. The van der Waals surface area contributed by atoms with Gasteiger partial charge >= 0.3 is 0 Å². The molecule has 0 aromatic heterocycles. The van der Waals surface area contributed by atoms with Crippen molar-refractivity contribution in [2.75, 3.05) is 25.5 Å². The molecule has 1 unspecified atom stereocenters. The van der Waals surface area contributed by atoms with E-state index in [0.717, 1.165) is 19.5 Å². The van der Waals surface area contributed by atoms with Gasteiger partial charge in [0.1, 0.15) is 6.54 Å². The van der Waals surface area contributed by atoms with Crippen molar-refractivity contribution in [3.8, 4) is 0 Å². The average molecular weight is 324 g/mol. The van der Waals surface area contributed by atoms with Crippen LogP contribution in [0.5, 0.6) is 0 Å². The summed E-state index contributed by atoms with van der Waals surface area (Å²) in [6.45, 7) is 2.31. The minimum absolute atomic E-state index is 0.00271. The number of carbonyl (C=O) groups excluding carboxylic acids is 2. The van der Waals surface area contributed by atoms with Crippen LogP contribution in [0.1, 0.15) is 21.5 Å². The first-order valence-corrected chi connectivity index (χ1v) is 8.18. The molecule has 1 aliphatic heterocycles. The first kappa shape index (κ1) is 16.2. The SMILES string of the molecule is CNC(=O)c1ccc(NC(=O)C[NH+]2CCc3ccccc3C2)cc1. The van der Waals surface area contributed by atoms with Crippen molar-refractivity contribution in [2.45, 2.75) is 13.0 Å². The third-order valence-corrected chi connectivity index (χ3v) is 4.38. The summed E-state index contributed by atoms with van der Waals surface area (Å²) < 4.78 is 0. The van der Waals surface area contributed by atoms with Crippen molar-refractivity contribution in [1.29, 1.82) is 0 Å². The lowest BCUT2D eigenvalue weighted by Crippen LogP contribution is -3.12. The molecule has 1 atom stereocenters. The van der Waals surface area contributed by atoms with Crippen LogP contribution in [0.25, 0.3) is 0 Å². The number of anilines is 1. The van der Waals surface area contributed by atoms with Crippen LogP contribution >= 0.6 is 0 Å². The third-order valence-electron chi connectivity index (χ3n) is 4.38. The number of fused-ring (bicyclic) bond motifs is 1. The molecular formula is C19H22N3O2+. The molecule has 3 N–H and O–H groups in total.